The molecule has 5 nitrogen and oxygen atoms in total. The van der Waals surface area contributed by atoms with E-state index in [-0.39, 0.29) is 30.5 Å². The number of amides is 1. The fraction of sp³-hybridized carbons (Fsp3) is 0.632. The van der Waals surface area contributed by atoms with Gasteiger partial charge in [-0.15, -0.1) is 12.4 Å². The molecule has 148 valence electrons. The van der Waals surface area contributed by atoms with Gasteiger partial charge in [-0.3, -0.25) is 4.79 Å². The van der Waals surface area contributed by atoms with Crippen LogP contribution in [0.15, 0.2) is 24.3 Å². The lowest BCUT2D eigenvalue weighted by molar-refractivity contribution is -0.134. The molecule has 0 radical (unpaired) electrons. The van der Waals surface area contributed by atoms with Gasteiger partial charge in [-0.25, -0.2) is 8.42 Å². The Labute approximate surface area is 163 Å². The largest absolute Gasteiger partial charge is 0.341 e. The molecule has 0 aromatic heterocycles. The minimum Gasteiger partial charge on any atom is -0.341 e. The van der Waals surface area contributed by atoms with Crippen molar-refractivity contribution in [1.29, 1.82) is 0 Å². The Morgan fingerprint density at radius 1 is 1.23 bits per heavy atom. The zero-order valence-electron chi connectivity index (χ0n) is 15.7. The van der Waals surface area contributed by atoms with Gasteiger partial charge in [-0.1, -0.05) is 29.8 Å². The van der Waals surface area contributed by atoms with Crippen LogP contribution in [0.25, 0.3) is 0 Å². The number of hydrogen-bond donors (Lipinski definition) is 1. The maximum absolute atomic E-state index is 12.3. The SMILES string of the molecule is Cc1ccc(CCC2CCN(C(=O)C(N)CCS(C)(=O)=O)CC2)cc1.Cl. The molecular formula is C19H31ClN2O3S. The van der Waals surface area contributed by atoms with E-state index in [1.165, 1.54) is 17.4 Å². The van der Waals surface area contributed by atoms with E-state index >= 15 is 0 Å². The zero-order valence-corrected chi connectivity index (χ0v) is 17.3. The quantitative estimate of drug-likeness (QED) is 0.759. The summed E-state index contributed by atoms with van der Waals surface area (Å²) in [5, 5.41) is 0. The summed E-state index contributed by atoms with van der Waals surface area (Å²) < 4.78 is 22.4. The highest BCUT2D eigenvalue weighted by Crippen LogP contribution is 2.23. The van der Waals surface area contributed by atoms with E-state index in [0.717, 1.165) is 38.8 Å². The fourth-order valence-corrected chi connectivity index (χ4v) is 3.95. The van der Waals surface area contributed by atoms with Crippen LogP contribution in [-0.4, -0.2) is 50.4 Å². The molecule has 1 aromatic rings. The molecule has 0 aliphatic carbocycles. The molecule has 1 amide bonds. The van der Waals surface area contributed by atoms with Gasteiger partial charge in [0, 0.05) is 19.3 Å². The number of nitrogens with zero attached hydrogens (tertiary/aromatic N) is 1. The first kappa shape index (κ1) is 22.9. The number of hydrogen-bond acceptors (Lipinski definition) is 4. The molecule has 1 unspecified atom stereocenters. The number of aryl methyl sites for hydroxylation is 2. The molecular weight excluding hydrogens is 372 g/mol. The molecule has 26 heavy (non-hydrogen) atoms. The van der Waals surface area contributed by atoms with Gasteiger partial charge in [0.2, 0.25) is 5.91 Å². The van der Waals surface area contributed by atoms with Gasteiger partial charge in [-0.2, -0.15) is 0 Å². The molecule has 1 atom stereocenters. The van der Waals surface area contributed by atoms with Crippen LogP contribution >= 0.6 is 12.4 Å². The van der Waals surface area contributed by atoms with Crippen LogP contribution in [0.3, 0.4) is 0 Å². The number of sulfone groups is 1. The van der Waals surface area contributed by atoms with Crippen LogP contribution in [0.1, 0.15) is 36.8 Å². The summed E-state index contributed by atoms with van der Waals surface area (Å²) in [5.74, 6) is 0.491. The highest BCUT2D eigenvalue weighted by Gasteiger charge is 2.26. The Kier molecular flexibility index (Phi) is 9.07. The molecule has 1 aliphatic heterocycles. The summed E-state index contributed by atoms with van der Waals surface area (Å²) in [7, 11) is -3.08. The highest BCUT2D eigenvalue weighted by molar-refractivity contribution is 7.90. The molecule has 1 aliphatic rings. The Balaban J connectivity index is 0.00000338. The van der Waals surface area contributed by atoms with Crippen LogP contribution in [0.5, 0.6) is 0 Å². The number of likely N-dealkylation sites (tertiary alicyclic amines) is 1. The van der Waals surface area contributed by atoms with E-state index in [4.69, 9.17) is 5.73 Å². The van der Waals surface area contributed by atoms with Crippen LogP contribution < -0.4 is 5.73 Å². The summed E-state index contributed by atoms with van der Waals surface area (Å²) >= 11 is 0. The van der Waals surface area contributed by atoms with E-state index in [1.54, 1.807) is 4.90 Å². The summed E-state index contributed by atoms with van der Waals surface area (Å²) in [4.78, 5) is 14.1. The van der Waals surface area contributed by atoms with Gasteiger partial charge in [-0.05, 0) is 50.5 Å². The smallest absolute Gasteiger partial charge is 0.239 e. The van der Waals surface area contributed by atoms with E-state index in [9.17, 15) is 13.2 Å². The molecule has 7 heteroatoms. The van der Waals surface area contributed by atoms with E-state index in [0.29, 0.717) is 5.92 Å². The third-order valence-corrected chi connectivity index (χ3v) is 5.98. The van der Waals surface area contributed by atoms with Crippen LogP contribution in [0.2, 0.25) is 0 Å². The van der Waals surface area contributed by atoms with E-state index in [1.807, 2.05) is 0 Å². The standard InChI is InChI=1S/C19H30N2O3S.ClH/c1-15-3-5-16(6-4-15)7-8-17-9-12-21(13-10-17)19(22)18(20)11-14-25(2,23)24;/h3-6,17-18H,7-14,20H2,1-2H3;1H. The van der Waals surface area contributed by atoms with Crippen molar-refractivity contribution in [3.8, 4) is 0 Å². The topological polar surface area (TPSA) is 80.5 Å². The molecule has 2 N–H and O–H groups in total. The van der Waals surface area contributed by atoms with Gasteiger partial charge in [0.15, 0.2) is 0 Å². The van der Waals surface area contributed by atoms with Crippen LogP contribution in [0, 0.1) is 12.8 Å². The Hall–Kier alpha value is -1.11. The van der Waals surface area contributed by atoms with Gasteiger partial charge in [0.25, 0.3) is 0 Å². The summed E-state index contributed by atoms with van der Waals surface area (Å²) in [6, 6.07) is 7.96. The number of carbonyl (C=O) groups excluding carboxylic acids is 1. The second-order valence-corrected chi connectivity index (χ2v) is 9.58. The lowest BCUT2D eigenvalue weighted by Gasteiger charge is -2.33. The lowest BCUT2D eigenvalue weighted by atomic mass is 9.90. The van der Waals surface area contributed by atoms with Gasteiger partial charge >= 0.3 is 0 Å². The van der Waals surface area contributed by atoms with Crippen molar-refractivity contribution in [2.45, 2.75) is 45.1 Å². The third-order valence-electron chi connectivity index (χ3n) is 5.00. The van der Waals surface area contributed by atoms with Crippen molar-refractivity contribution >= 4 is 28.2 Å². The number of benzene rings is 1. The maximum atomic E-state index is 12.3. The number of halogens is 1. The predicted octanol–water partition coefficient (Wildman–Crippen LogP) is 2.35. The van der Waals surface area contributed by atoms with Crippen molar-refractivity contribution in [2.24, 2.45) is 11.7 Å². The molecule has 1 aromatic carbocycles. The first-order valence-electron chi connectivity index (χ1n) is 9.02. The monoisotopic (exact) mass is 402 g/mol. The highest BCUT2D eigenvalue weighted by atomic mass is 35.5. The lowest BCUT2D eigenvalue weighted by Crippen LogP contribution is -2.47. The number of rotatable bonds is 7. The van der Waals surface area contributed by atoms with Crippen molar-refractivity contribution in [1.82, 2.24) is 4.90 Å². The van der Waals surface area contributed by atoms with Gasteiger partial charge in [0.05, 0.1) is 11.8 Å². The third kappa shape index (κ3) is 7.64. The summed E-state index contributed by atoms with van der Waals surface area (Å²) in [5.41, 5.74) is 8.53. The van der Waals surface area contributed by atoms with Crippen LogP contribution in [-0.2, 0) is 21.1 Å². The minimum absolute atomic E-state index is 0. The fourth-order valence-electron chi connectivity index (χ4n) is 3.27. The second kappa shape index (κ2) is 10.3. The molecule has 1 saturated heterocycles. The molecule has 0 bridgehead atoms. The Morgan fingerprint density at radius 3 is 2.35 bits per heavy atom. The van der Waals surface area contributed by atoms with Crippen molar-refractivity contribution in [2.75, 3.05) is 25.1 Å². The molecule has 0 saturated carbocycles. The Bertz CT molecular complexity index is 669. The van der Waals surface area contributed by atoms with Crippen LogP contribution in [0.4, 0.5) is 0 Å². The first-order valence-corrected chi connectivity index (χ1v) is 11.1. The molecule has 0 spiro atoms. The molecule has 2 rings (SSSR count). The maximum Gasteiger partial charge on any atom is 0.239 e. The van der Waals surface area contributed by atoms with Gasteiger partial charge in [0.1, 0.15) is 9.84 Å². The van der Waals surface area contributed by atoms with E-state index < -0.39 is 15.9 Å². The number of piperidine rings is 1. The Morgan fingerprint density at radius 2 is 1.81 bits per heavy atom. The minimum atomic E-state index is -3.08. The average molecular weight is 403 g/mol. The predicted molar refractivity (Wildman–Crippen MR) is 108 cm³/mol. The molecule has 1 fully saturated rings. The summed E-state index contributed by atoms with van der Waals surface area (Å²) in [6.45, 7) is 3.55. The molecule has 1 heterocycles. The normalized spacial score (nSPS) is 16.8. The second-order valence-electron chi connectivity index (χ2n) is 7.32. The first-order chi connectivity index (χ1) is 11.7. The summed E-state index contributed by atoms with van der Waals surface area (Å²) in [6.07, 6.45) is 5.58. The zero-order chi connectivity index (χ0) is 18.4. The van der Waals surface area contributed by atoms with Gasteiger partial charge < -0.3 is 10.6 Å². The van der Waals surface area contributed by atoms with Crippen molar-refractivity contribution in [3.05, 3.63) is 35.4 Å². The van der Waals surface area contributed by atoms with Crippen molar-refractivity contribution in [3.63, 3.8) is 0 Å². The number of nitrogens with two attached hydrogens (primary N) is 1. The average Bonchev–Trinajstić information content (AvgIpc) is 2.58. The van der Waals surface area contributed by atoms with Crippen molar-refractivity contribution < 1.29 is 13.2 Å². The van der Waals surface area contributed by atoms with E-state index in [2.05, 4.69) is 31.2 Å². The number of carbonyl (C=O) groups is 1.